The van der Waals surface area contributed by atoms with Crippen LogP contribution in [0.3, 0.4) is 0 Å². The Hall–Kier alpha value is -1.51. The molecule has 2 rings (SSSR count). The van der Waals surface area contributed by atoms with E-state index in [1.165, 1.54) is 0 Å². The van der Waals surface area contributed by atoms with E-state index in [1.54, 1.807) is 0 Å². The zero-order chi connectivity index (χ0) is 14.3. The van der Waals surface area contributed by atoms with Crippen molar-refractivity contribution in [1.29, 1.82) is 0 Å². The molecule has 1 aliphatic rings. The first-order chi connectivity index (χ1) is 8.76. The number of benzene rings is 1. The van der Waals surface area contributed by atoms with E-state index < -0.39 is 0 Å². The molecule has 0 saturated heterocycles. The second-order valence-corrected chi connectivity index (χ2v) is 6.89. The third kappa shape index (κ3) is 2.60. The fraction of sp³-hybridized carbons (Fsp3) is 0.562. The minimum absolute atomic E-state index is 0.0218. The lowest BCUT2D eigenvalue weighted by Crippen LogP contribution is -2.63. The molecule has 0 aromatic heterocycles. The Morgan fingerprint density at radius 2 is 1.63 bits per heavy atom. The number of amides is 1. The van der Waals surface area contributed by atoms with Crippen molar-refractivity contribution >= 4 is 11.6 Å². The standard InChI is InChI=1S/C16H24N2O/c1-15(2)10-16(3,4)14(15)18-13(19)11-6-8-12(17-5)9-7-11/h6-9,14,17H,10H2,1-5H3,(H,18,19). The molecule has 2 N–H and O–H groups in total. The summed E-state index contributed by atoms with van der Waals surface area (Å²) >= 11 is 0. The van der Waals surface area contributed by atoms with Crippen molar-refractivity contribution in [2.75, 3.05) is 12.4 Å². The van der Waals surface area contributed by atoms with E-state index in [9.17, 15) is 4.79 Å². The molecule has 0 atom stereocenters. The summed E-state index contributed by atoms with van der Waals surface area (Å²) in [4.78, 5) is 12.3. The number of carbonyl (C=O) groups is 1. The second kappa shape index (κ2) is 4.55. The van der Waals surface area contributed by atoms with Crippen molar-refractivity contribution in [1.82, 2.24) is 5.32 Å². The summed E-state index contributed by atoms with van der Waals surface area (Å²) < 4.78 is 0. The molecule has 0 bridgehead atoms. The molecule has 1 fully saturated rings. The van der Waals surface area contributed by atoms with Crippen LogP contribution >= 0.6 is 0 Å². The van der Waals surface area contributed by atoms with Gasteiger partial charge in [0.2, 0.25) is 0 Å². The van der Waals surface area contributed by atoms with Gasteiger partial charge in [-0.05, 0) is 41.5 Å². The Balaban J connectivity index is 2.08. The highest BCUT2D eigenvalue weighted by molar-refractivity contribution is 5.94. The van der Waals surface area contributed by atoms with Gasteiger partial charge in [0.15, 0.2) is 0 Å². The molecule has 19 heavy (non-hydrogen) atoms. The molecule has 1 aromatic rings. The van der Waals surface area contributed by atoms with Gasteiger partial charge in [-0.2, -0.15) is 0 Å². The fourth-order valence-electron chi connectivity index (χ4n) is 3.70. The molecule has 104 valence electrons. The molecule has 0 spiro atoms. The summed E-state index contributed by atoms with van der Waals surface area (Å²) in [6, 6.07) is 7.80. The third-order valence-corrected chi connectivity index (χ3v) is 4.19. The first kappa shape index (κ1) is 13.9. The Labute approximate surface area is 115 Å². The van der Waals surface area contributed by atoms with Gasteiger partial charge in [-0.1, -0.05) is 27.7 Å². The Morgan fingerprint density at radius 3 is 2.05 bits per heavy atom. The van der Waals surface area contributed by atoms with Crippen molar-refractivity contribution in [2.45, 2.75) is 40.2 Å². The van der Waals surface area contributed by atoms with Crippen LogP contribution in [-0.2, 0) is 0 Å². The second-order valence-electron chi connectivity index (χ2n) is 6.89. The summed E-state index contributed by atoms with van der Waals surface area (Å²) in [7, 11) is 1.87. The SMILES string of the molecule is CNc1ccc(C(=O)NC2C(C)(C)CC2(C)C)cc1. The normalized spacial score (nSPS) is 20.5. The highest BCUT2D eigenvalue weighted by Crippen LogP contribution is 2.53. The maximum atomic E-state index is 12.3. The monoisotopic (exact) mass is 260 g/mol. The number of anilines is 1. The molecule has 3 nitrogen and oxygen atoms in total. The van der Waals surface area contributed by atoms with Gasteiger partial charge in [-0.25, -0.2) is 0 Å². The van der Waals surface area contributed by atoms with Gasteiger partial charge in [0.25, 0.3) is 5.91 Å². The van der Waals surface area contributed by atoms with Gasteiger partial charge < -0.3 is 10.6 Å². The van der Waals surface area contributed by atoms with E-state index in [0.717, 1.165) is 17.7 Å². The molecule has 0 radical (unpaired) electrons. The third-order valence-electron chi connectivity index (χ3n) is 4.19. The molecule has 0 aliphatic heterocycles. The zero-order valence-electron chi connectivity index (χ0n) is 12.5. The van der Waals surface area contributed by atoms with E-state index in [0.29, 0.717) is 0 Å². The van der Waals surface area contributed by atoms with Crippen LogP contribution < -0.4 is 10.6 Å². The Bertz CT molecular complexity index is 460. The number of nitrogens with one attached hydrogen (secondary N) is 2. The van der Waals surface area contributed by atoms with Gasteiger partial charge in [0.05, 0.1) is 0 Å². The number of carbonyl (C=O) groups excluding carboxylic acids is 1. The summed E-state index contributed by atoms with van der Waals surface area (Å²) in [6.07, 6.45) is 1.14. The summed E-state index contributed by atoms with van der Waals surface area (Å²) in [5, 5.41) is 6.24. The van der Waals surface area contributed by atoms with Gasteiger partial charge >= 0.3 is 0 Å². The van der Waals surface area contributed by atoms with Crippen molar-refractivity contribution in [3.63, 3.8) is 0 Å². The molecular weight excluding hydrogens is 236 g/mol. The van der Waals surface area contributed by atoms with E-state index >= 15 is 0 Å². The van der Waals surface area contributed by atoms with Gasteiger partial charge in [0, 0.05) is 24.3 Å². The highest BCUT2D eigenvalue weighted by Gasteiger charge is 2.53. The molecule has 0 unspecified atom stereocenters. The maximum absolute atomic E-state index is 12.3. The van der Waals surface area contributed by atoms with Gasteiger partial charge in [-0.15, -0.1) is 0 Å². The lowest BCUT2D eigenvalue weighted by atomic mass is 9.52. The molecule has 1 amide bonds. The predicted octanol–water partition coefficient (Wildman–Crippen LogP) is 3.28. The average Bonchev–Trinajstić information content (AvgIpc) is 2.34. The van der Waals surface area contributed by atoms with Crippen LogP contribution in [0.1, 0.15) is 44.5 Å². The smallest absolute Gasteiger partial charge is 0.251 e. The predicted molar refractivity (Wildman–Crippen MR) is 79.4 cm³/mol. The largest absolute Gasteiger partial charge is 0.388 e. The van der Waals surface area contributed by atoms with Crippen molar-refractivity contribution in [2.24, 2.45) is 10.8 Å². The van der Waals surface area contributed by atoms with Crippen LogP contribution in [0.25, 0.3) is 0 Å². The van der Waals surface area contributed by atoms with Crippen molar-refractivity contribution in [3.8, 4) is 0 Å². The van der Waals surface area contributed by atoms with Crippen molar-refractivity contribution < 1.29 is 4.79 Å². The molecule has 3 heteroatoms. The van der Waals surface area contributed by atoms with Crippen LogP contribution in [0.4, 0.5) is 5.69 Å². The molecule has 1 aliphatic carbocycles. The fourth-order valence-corrected chi connectivity index (χ4v) is 3.70. The van der Waals surface area contributed by atoms with Crippen LogP contribution in [0.5, 0.6) is 0 Å². The lowest BCUT2D eigenvalue weighted by Gasteiger charge is -2.57. The van der Waals surface area contributed by atoms with Gasteiger partial charge in [-0.3, -0.25) is 4.79 Å². The topological polar surface area (TPSA) is 41.1 Å². The van der Waals surface area contributed by atoms with E-state index in [-0.39, 0.29) is 22.8 Å². The van der Waals surface area contributed by atoms with E-state index in [4.69, 9.17) is 0 Å². The van der Waals surface area contributed by atoms with E-state index in [1.807, 2.05) is 31.3 Å². The molecule has 1 aromatic carbocycles. The van der Waals surface area contributed by atoms with E-state index in [2.05, 4.69) is 38.3 Å². The van der Waals surface area contributed by atoms with Crippen LogP contribution in [-0.4, -0.2) is 19.0 Å². The highest BCUT2D eigenvalue weighted by atomic mass is 16.1. The van der Waals surface area contributed by atoms with Crippen LogP contribution in [0.15, 0.2) is 24.3 Å². The van der Waals surface area contributed by atoms with Crippen molar-refractivity contribution in [3.05, 3.63) is 29.8 Å². The Kier molecular flexibility index (Phi) is 3.33. The van der Waals surface area contributed by atoms with Crippen LogP contribution in [0, 0.1) is 10.8 Å². The summed E-state index contributed by atoms with van der Waals surface area (Å²) in [5.74, 6) is 0.0218. The Morgan fingerprint density at radius 1 is 1.11 bits per heavy atom. The lowest BCUT2D eigenvalue weighted by molar-refractivity contribution is -0.0366. The number of hydrogen-bond donors (Lipinski definition) is 2. The first-order valence-corrected chi connectivity index (χ1v) is 6.85. The number of rotatable bonds is 3. The summed E-state index contributed by atoms with van der Waals surface area (Å²) in [5.41, 5.74) is 2.10. The molecular formula is C16H24N2O. The van der Waals surface area contributed by atoms with Gasteiger partial charge in [0.1, 0.15) is 0 Å². The zero-order valence-corrected chi connectivity index (χ0v) is 12.5. The molecule has 0 heterocycles. The average molecular weight is 260 g/mol. The number of hydrogen-bond acceptors (Lipinski definition) is 2. The maximum Gasteiger partial charge on any atom is 0.251 e. The quantitative estimate of drug-likeness (QED) is 0.875. The summed E-state index contributed by atoms with van der Waals surface area (Å²) in [6.45, 7) is 8.86. The minimum atomic E-state index is 0.0218. The van der Waals surface area contributed by atoms with Crippen LogP contribution in [0.2, 0.25) is 0 Å². The minimum Gasteiger partial charge on any atom is -0.388 e. The molecule has 1 saturated carbocycles. The first-order valence-electron chi connectivity index (χ1n) is 6.85.